The van der Waals surface area contributed by atoms with E-state index in [1.165, 1.54) is 4.90 Å². The molecule has 0 aliphatic heterocycles. The zero-order valence-electron chi connectivity index (χ0n) is 26.3. The summed E-state index contributed by atoms with van der Waals surface area (Å²) in [5.41, 5.74) is 6.37. The van der Waals surface area contributed by atoms with Gasteiger partial charge in [0.1, 0.15) is 6.61 Å². The molecule has 4 aromatic rings. The van der Waals surface area contributed by atoms with Crippen molar-refractivity contribution in [3.8, 4) is 11.1 Å². The molecule has 8 heteroatoms. The first-order chi connectivity index (χ1) is 22.1. The molecule has 2 amide bonds. The molecular weight excluding hydrogens is 600 g/mol. The second-order valence-electron chi connectivity index (χ2n) is 12.0. The first-order valence-electron chi connectivity index (χ1n) is 15.5. The summed E-state index contributed by atoms with van der Waals surface area (Å²) in [7, 11) is 3.34. The molecule has 1 aliphatic rings. The molecule has 5 rings (SSSR count). The molecule has 0 fully saturated rings. The lowest BCUT2D eigenvalue weighted by Crippen LogP contribution is -2.48. The van der Waals surface area contributed by atoms with Gasteiger partial charge in [-0.05, 0) is 57.9 Å². The second-order valence-corrected chi connectivity index (χ2v) is 12.5. The number of likely N-dealkylation sites (N-methyl/N-ethyl adjacent to an activating group) is 2. The summed E-state index contributed by atoms with van der Waals surface area (Å²) in [5, 5.41) is 10.3. The van der Waals surface area contributed by atoms with E-state index in [9.17, 15) is 19.5 Å². The van der Waals surface area contributed by atoms with Crippen LogP contribution < -0.4 is 0 Å². The molecule has 7 nitrogen and oxygen atoms in total. The Morgan fingerprint density at radius 3 is 1.98 bits per heavy atom. The van der Waals surface area contributed by atoms with Crippen LogP contribution in [-0.2, 0) is 20.7 Å². The van der Waals surface area contributed by atoms with Gasteiger partial charge < -0.3 is 19.6 Å². The monoisotopic (exact) mass is 638 g/mol. The number of benzene rings is 4. The Bertz CT molecular complexity index is 1630. The zero-order valence-corrected chi connectivity index (χ0v) is 27.1. The van der Waals surface area contributed by atoms with Crippen LogP contribution >= 0.6 is 11.6 Å². The van der Waals surface area contributed by atoms with Crippen molar-refractivity contribution in [3.05, 3.63) is 130 Å². The average molecular weight is 639 g/mol. The number of halogens is 1. The van der Waals surface area contributed by atoms with Crippen molar-refractivity contribution in [1.82, 2.24) is 9.80 Å². The minimum Gasteiger partial charge on any atom is -0.481 e. The number of hydrogen-bond acceptors (Lipinski definition) is 4. The number of carbonyl (C=O) groups is 3. The van der Waals surface area contributed by atoms with Crippen molar-refractivity contribution in [1.29, 1.82) is 0 Å². The van der Waals surface area contributed by atoms with Gasteiger partial charge in [0, 0.05) is 31.6 Å². The van der Waals surface area contributed by atoms with Crippen molar-refractivity contribution in [2.75, 3.05) is 27.2 Å². The van der Waals surface area contributed by atoms with Crippen LogP contribution in [0.1, 0.15) is 47.4 Å². The molecule has 0 saturated carbocycles. The lowest BCUT2D eigenvalue weighted by atomic mass is 9.84. The summed E-state index contributed by atoms with van der Waals surface area (Å²) in [5.74, 6) is -2.51. The Balaban J connectivity index is 1.34. The fraction of sp³-hybridized carbons (Fsp3) is 0.289. The van der Waals surface area contributed by atoms with Crippen LogP contribution in [0.5, 0.6) is 0 Å². The standard InChI is InChI=1S/C38H39ClN2O5/c1-25(27-11-5-4-6-12-27)34(22-36(42)43)37(44)40(2)23-29(21-26-17-19-28(39)20-18-26)41(3)38(45)46-24-35-32-15-9-7-13-30(32)31-14-8-10-16-33(31)35/h4-20,25,29,34-35H,21-24H2,1-3H3,(H,42,43)/t25-,29+,34-/m0/s1. The van der Waals surface area contributed by atoms with Gasteiger partial charge in [0.15, 0.2) is 0 Å². The van der Waals surface area contributed by atoms with E-state index in [1.54, 1.807) is 31.1 Å². The molecular formula is C38H39ClN2O5. The van der Waals surface area contributed by atoms with E-state index in [0.29, 0.717) is 11.4 Å². The van der Waals surface area contributed by atoms with Gasteiger partial charge in [0.2, 0.25) is 5.91 Å². The highest BCUT2D eigenvalue weighted by Crippen LogP contribution is 2.44. The number of rotatable bonds is 12. The molecule has 0 saturated heterocycles. The molecule has 0 aromatic heterocycles. The predicted molar refractivity (Wildman–Crippen MR) is 180 cm³/mol. The van der Waals surface area contributed by atoms with Crippen LogP contribution in [0.3, 0.4) is 0 Å². The maximum absolute atomic E-state index is 13.9. The quantitative estimate of drug-likeness (QED) is 0.174. The molecule has 238 valence electrons. The van der Waals surface area contributed by atoms with E-state index in [-0.39, 0.29) is 37.3 Å². The van der Waals surface area contributed by atoms with Crippen LogP contribution in [0.15, 0.2) is 103 Å². The zero-order chi connectivity index (χ0) is 32.8. The lowest BCUT2D eigenvalue weighted by molar-refractivity contribution is -0.144. The van der Waals surface area contributed by atoms with Gasteiger partial charge in [0.25, 0.3) is 0 Å². The highest BCUT2D eigenvalue weighted by atomic mass is 35.5. The van der Waals surface area contributed by atoms with E-state index in [2.05, 4.69) is 24.3 Å². The number of ether oxygens (including phenoxy) is 1. The molecule has 4 aromatic carbocycles. The highest BCUT2D eigenvalue weighted by molar-refractivity contribution is 6.30. The summed E-state index contributed by atoms with van der Waals surface area (Å²) >= 11 is 6.13. The summed E-state index contributed by atoms with van der Waals surface area (Å²) in [6.07, 6.45) is -0.363. The van der Waals surface area contributed by atoms with Crippen LogP contribution in [-0.4, -0.2) is 66.2 Å². The molecule has 0 spiro atoms. The Kier molecular flexibility index (Phi) is 10.4. The second kappa shape index (κ2) is 14.6. The number of aliphatic carboxylic acids is 1. The summed E-state index contributed by atoms with van der Waals surface area (Å²) < 4.78 is 5.96. The van der Waals surface area contributed by atoms with E-state index in [0.717, 1.165) is 33.4 Å². The Morgan fingerprint density at radius 1 is 0.826 bits per heavy atom. The number of hydrogen-bond donors (Lipinski definition) is 1. The SMILES string of the molecule is C[C@@H](c1ccccc1)[C@H](CC(=O)O)C(=O)N(C)C[C@@H](Cc1ccc(Cl)cc1)N(C)C(=O)OCC1c2ccccc2-c2ccccc21. The van der Waals surface area contributed by atoms with Gasteiger partial charge in [0.05, 0.1) is 18.4 Å². The Labute approximate surface area is 275 Å². The smallest absolute Gasteiger partial charge is 0.409 e. The largest absolute Gasteiger partial charge is 0.481 e. The van der Waals surface area contributed by atoms with Crippen molar-refractivity contribution in [2.45, 2.75) is 37.6 Å². The summed E-state index contributed by atoms with van der Waals surface area (Å²) in [4.78, 5) is 42.4. The molecule has 46 heavy (non-hydrogen) atoms. The topological polar surface area (TPSA) is 87.2 Å². The fourth-order valence-electron chi connectivity index (χ4n) is 6.41. The molecule has 0 heterocycles. The number of carboxylic acid groups (broad SMARTS) is 1. The highest BCUT2D eigenvalue weighted by Gasteiger charge is 2.34. The van der Waals surface area contributed by atoms with Gasteiger partial charge >= 0.3 is 12.1 Å². The first-order valence-corrected chi connectivity index (χ1v) is 15.9. The van der Waals surface area contributed by atoms with Crippen molar-refractivity contribution in [2.24, 2.45) is 5.92 Å². The maximum atomic E-state index is 13.9. The molecule has 0 bridgehead atoms. The van der Waals surface area contributed by atoms with E-state index in [1.807, 2.05) is 73.7 Å². The Hall–Kier alpha value is -4.62. The van der Waals surface area contributed by atoms with Crippen LogP contribution in [0.25, 0.3) is 11.1 Å². The predicted octanol–water partition coefficient (Wildman–Crippen LogP) is 7.49. The third-order valence-corrected chi connectivity index (χ3v) is 9.31. The molecule has 1 N–H and O–H groups in total. The van der Waals surface area contributed by atoms with Gasteiger partial charge in [-0.15, -0.1) is 0 Å². The number of fused-ring (bicyclic) bond motifs is 3. The minimum absolute atomic E-state index is 0.0834. The Morgan fingerprint density at radius 2 is 1.39 bits per heavy atom. The summed E-state index contributed by atoms with van der Waals surface area (Å²) in [6.45, 7) is 2.23. The fourth-order valence-corrected chi connectivity index (χ4v) is 6.53. The molecule has 0 unspecified atom stereocenters. The summed E-state index contributed by atoms with van der Waals surface area (Å²) in [6, 6.07) is 32.7. The van der Waals surface area contributed by atoms with E-state index in [4.69, 9.17) is 16.3 Å². The average Bonchev–Trinajstić information content (AvgIpc) is 3.39. The van der Waals surface area contributed by atoms with Gasteiger partial charge in [-0.3, -0.25) is 9.59 Å². The molecule has 1 aliphatic carbocycles. The van der Waals surface area contributed by atoms with Crippen LogP contribution in [0, 0.1) is 5.92 Å². The minimum atomic E-state index is -1.04. The van der Waals surface area contributed by atoms with Gasteiger partial charge in [-0.25, -0.2) is 4.79 Å². The number of amides is 2. The number of nitrogens with zero attached hydrogens (tertiary/aromatic N) is 2. The van der Waals surface area contributed by atoms with E-state index >= 15 is 0 Å². The maximum Gasteiger partial charge on any atom is 0.409 e. The van der Waals surface area contributed by atoms with Crippen LogP contribution in [0.2, 0.25) is 5.02 Å². The lowest BCUT2D eigenvalue weighted by Gasteiger charge is -2.34. The van der Waals surface area contributed by atoms with Crippen LogP contribution in [0.4, 0.5) is 4.79 Å². The number of carbonyl (C=O) groups excluding carboxylic acids is 2. The van der Waals surface area contributed by atoms with Gasteiger partial charge in [-0.2, -0.15) is 0 Å². The van der Waals surface area contributed by atoms with Crippen molar-refractivity contribution >= 4 is 29.6 Å². The normalized spacial score (nSPS) is 14.0. The molecule has 0 radical (unpaired) electrons. The molecule has 3 atom stereocenters. The van der Waals surface area contributed by atoms with E-state index < -0.39 is 24.0 Å². The van der Waals surface area contributed by atoms with Gasteiger partial charge in [-0.1, -0.05) is 110 Å². The van der Waals surface area contributed by atoms with Crippen molar-refractivity contribution in [3.63, 3.8) is 0 Å². The first kappa shape index (κ1) is 32.8. The number of carboxylic acids is 1. The third-order valence-electron chi connectivity index (χ3n) is 9.06. The van der Waals surface area contributed by atoms with Crippen molar-refractivity contribution < 1.29 is 24.2 Å². The third kappa shape index (κ3) is 7.43.